The maximum atomic E-state index is 11.1. The first-order valence-electron chi connectivity index (χ1n) is 10.5. The van der Waals surface area contributed by atoms with Gasteiger partial charge in [0.1, 0.15) is 24.2 Å². The molecule has 2 aromatic rings. The molecule has 0 amide bonds. The molecular formula is C24H31ClN2O3. The first kappa shape index (κ1) is 22.6. The predicted molar refractivity (Wildman–Crippen MR) is 122 cm³/mol. The van der Waals surface area contributed by atoms with Gasteiger partial charge in [0.15, 0.2) is 0 Å². The molecule has 1 saturated heterocycles. The van der Waals surface area contributed by atoms with Crippen LogP contribution >= 0.6 is 11.6 Å². The lowest BCUT2D eigenvalue weighted by atomic mass is 10.1. The summed E-state index contributed by atoms with van der Waals surface area (Å²) in [6.07, 6.45) is 0.768. The third-order valence-corrected chi connectivity index (χ3v) is 5.72. The van der Waals surface area contributed by atoms with Gasteiger partial charge in [-0.3, -0.25) is 4.90 Å². The number of carbonyl (C=O) groups excluding carboxylic acids is 1. The molecule has 1 heterocycles. The molecule has 6 heteroatoms. The highest BCUT2D eigenvalue weighted by molar-refractivity contribution is 6.30. The number of piperazine rings is 1. The number of hydrogen-bond donors (Lipinski definition) is 1. The molecule has 0 spiro atoms. The number of rotatable bonds is 9. The van der Waals surface area contributed by atoms with Gasteiger partial charge in [-0.2, -0.15) is 0 Å². The molecule has 0 aromatic heterocycles. The summed E-state index contributed by atoms with van der Waals surface area (Å²) in [5.41, 5.74) is 3.54. The van der Waals surface area contributed by atoms with E-state index in [2.05, 4.69) is 22.8 Å². The van der Waals surface area contributed by atoms with Crippen molar-refractivity contribution in [3.63, 3.8) is 0 Å². The molecule has 0 saturated carbocycles. The summed E-state index contributed by atoms with van der Waals surface area (Å²) in [7, 11) is 0. The average molecular weight is 431 g/mol. The normalized spacial score (nSPS) is 15.8. The van der Waals surface area contributed by atoms with Crippen molar-refractivity contribution < 1.29 is 14.6 Å². The van der Waals surface area contributed by atoms with E-state index in [-0.39, 0.29) is 12.4 Å². The summed E-state index contributed by atoms with van der Waals surface area (Å²) in [4.78, 5) is 15.7. The minimum Gasteiger partial charge on any atom is -0.491 e. The molecule has 2 aromatic carbocycles. The Balaban J connectivity index is 1.40. The van der Waals surface area contributed by atoms with E-state index in [9.17, 15) is 9.90 Å². The van der Waals surface area contributed by atoms with Gasteiger partial charge in [-0.15, -0.1) is 0 Å². The largest absolute Gasteiger partial charge is 0.491 e. The van der Waals surface area contributed by atoms with E-state index in [0.717, 1.165) is 48.9 Å². The number of benzene rings is 2. The fourth-order valence-electron chi connectivity index (χ4n) is 3.71. The third-order valence-electron chi connectivity index (χ3n) is 5.48. The number of ether oxygens (including phenoxy) is 1. The molecule has 1 atom stereocenters. The van der Waals surface area contributed by atoms with Crippen LogP contribution in [-0.2, 0) is 11.2 Å². The zero-order valence-electron chi connectivity index (χ0n) is 17.8. The number of anilines is 1. The Labute approximate surface area is 184 Å². The van der Waals surface area contributed by atoms with Crippen molar-refractivity contribution in [3.05, 3.63) is 58.6 Å². The van der Waals surface area contributed by atoms with Crippen molar-refractivity contribution in [2.45, 2.75) is 32.8 Å². The Morgan fingerprint density at radius 1 is 1.13 bits per heavy atom. The summed E-state index contributed by atoms with van der Waals surface area (Å²) in [6.45, 7) is 8.19. The van der Waals surface area contributed by atoms with E-state index in [0.29, 0.717) is 13.0 Å². The van der Waals surface area contributed by atoms with Crippen LogP contribution in [0.25, 0.3) is 0 Å². The number of aryl methyl sites for hydroxylation is 2. The molecule has 5 nitrogen and oxygen atoms in total. The highest BCUT2D eigenvalue weighted by Crippen LogP contribution is 2.25. The Kier molecular flexibility index (Phi) is 8.14. The molecule has 1 fully saturated rings. The van der Waals surface area contributed by atoms with Gasteiger partial charge in [0.25, 0.3) is 0 Å². The molecule has 1 aliphatic rings. The van der Waals surface area contributed by atoms with Gasteiger partial charge in [0.2, 0.25) is 0 Å². The van der Waals surface area contributed by atoms with E-state index >= 15 is 0 Å². The summed E-state index contributed by atoms with van der Waals surface area (Å²) in [5, 5.41) is 11.2. The lowest BCUT2D eigenvalue weighted by Gasteiger charge is -2.37. The van der Waals surface area contributed by atoms with E-state index in [1.165, 1.54) is 11.3 Å². The monoisotopic (exact) mass is 430 g/mol. The summed E-state index contributed by atoms with van der Waals surface area (Å²) < 4.78 is 5.74. The van der Waals surface area contributed by atoms with Gasteiger partial charge in [-0.25, -0.2) is 0 Å². The zero-order chi connectivity index (χ0) is 21.5. The fraction of sp³-hybridized carbons (Fsp3) is 0.458. The first-order valence-corrected chi connectivity index (χ1v) is 10.9. The standard InChI is InChI=1S/C24H31ClN2O3/c1-18-3-8-21(25)15-24(18)27-13-11-26(12-14-27)16-22(29)17-30-23-9-6-20(7-10-23)5-4-19(2)28/h3,6-10,15,22,29H,4-5,11-14,16-17H2,1-2H3/t22-/m0/s1. The highest BCUT2D eigenvalue weighted by atomic mass is 35.5. The van der Waals surface area contributed by atoms with Crippen molar-refractivity contribution in [2.75, 3.05) is 44.2 Å². The average Bonchev–Trinajstić information content (AvgIpc) is 2.74. The lowest BCUT2D eigenvalue weighted by molar-refractivity contribution is -0.116. The van der Waals surface area contributed by atoms with E-state index < -0.39 is 6.10 Å². The number of aliphatic hydroxyl groups excluding tert-OH is 1. The summed E-state index contributed by atoms with van der Waals surface area (Å²) in [6, 6.07) is 13.8. The topological polar surface area (TPSA) is 53.0 Å². The van der Waals surface area contributed by atoms with Crippen LogP contribution in [-0.4, -0.2) is 61.2 Å². The molecular weight excluding hydrogens is 400 g/mol. The van der Waals surface area contributed by atoms with Crippen LogP contribution in [0.2, 0.25) is 5.02 Å². The molecule has 1 aliphatic heterocycles. The number of carbonyl (C=O) groups is 1. The van der Waals surface area contributed by atoms with E-state index in [4.69, 9.17) is 16.3 Å². The van der Waals surface area contributed by atoms with Gasteiger partial charge in [0, 0.05) is 49.9 Å². The smallest absolute Gasteiger partial charge is 0.130 e. The minimum absolute atomic E-state index is 0.196. The third kappa shape index (κ3) is 6.73. The van der Waals surface area contributed by atoms with Gasteiger partial charge >= 0.3 is 0 Å². The van der Waals surface area contributed by atoms with Crippen LogP contribution < -0.4 is 9.64 Å². The number of ketones is 1. The molecule has 0 bridgehead atoms. The Bertz CT molecular complexity index is 833. The minimum atomic E-state index is -0.540. The maximum Gasteiger partial charge on any atom is 0.130 e. The number of aliphatic hydroxyl groups is 1. The molecule has 30 heavy (non-hydrogen) atoms. The molecule has 0 unspecified atom stereocenters. The number of hydrogen-bond acceptors (Lipinski definition) is 5. The molecule has 0 aliphatic carbocycles. The van der Waals surface area contributed by atoms with E-state index in [1.54, 1.807) is 6.92 Å². The second-order valence-corrected chi connectivity index (χ2v) is 8.47. The van der Waals surface area contributed by atoms with Crippen LogP contribution in [0.1, 0.15) is 24.5 Å². The van der Waals surface area contributed by atoms with Crippen LogP contribution in [0.15, 0.2) is 42.5 Å². The highest BCUT2D eigenvalue weighted by Gasteiger charge is 2.21. The summed E-state index contributed by atoms with van der Waals surface area (Å²) >= 11 is 6.16. The van der Waals surface area contributed by atoms with Crippen LogP contribution in [0.3, 0.4) is 0 Å². The SMILES string of the molecule is CC(=O)CCc1ccc(OC[C@@H](O)CN2CCN(c3cc(Cl)ccc3C)CC2)cc1. The predicted octanol–water partition coefficient (Wildman–Crippen LogP) is 3.73. The summed E-state index contributed by atoms with van der Waals surface area (Å²) in [5.74, 6) is 0.934. The Morgan fingerprint density at radius 2 is 1.83 bits per heavy atom. The fourth-order valence-corrected chi connectivity index (χ4v) is 3.88. The van der Waals surface area contributed by atoms with Crippen LogP contribution in [0.5, 0.6) is 5.75 Å². The van der Waals surface area contributed by atoms with Crippen molar-refractivity contribution in [3.8, 4) is 5.75 Å². The number of Topliss-reactive ketones (excluding diaryl/α,β-unsaturated/α-hetero) is 1. The Hall–Kier alpha value is -2.08. The Morgan fingerprint density at radius 3 is 2.50 bits per heavy atom. The van der Waals surface area contributed by atoms with Crippen LogP contribution in [0, 0.1) is 6.92 Å². The van der Waals surface area contributed by atoms with Gasteiger partial charge in [-0.1, -0.05) is 29.8 Å². The number of β-amino-alcohol motifs (C(OH)–C–C–N with tert-alkyl or cyclic N) is 1. The molecule has 162 valence electrons. The van der Waals surface area contributed by atoms with Crippen molar-refractivity contribution in [1.29, 1.82) is 0 Å². The first-order chi connectivity index (χ1) is 14.4. The van der Waals surface area contributed by atoms with Crippen molar-refractivity contribution in [1.82, 2.24) is 4.90 Å². The van der Waals surface area contributed by atoms with Gasteiger partial charge in [-0.05, 0) is 55.7 Å². The molecule has 1 N–H and O–H groups in total. The van der Waals surface area contributed by atoms with E-state index in [1.807, 2.05) is 36.4 Å². The second-order valence-electron chi connectivity index (χ2n) is 8.03. The van der Waals surface area contributed by atoms with Crippen molar-refractivity contribution in [2.24, 2.45) is 0 Å². The molecule has 3 rings (SSSR count). The molecule has 0 radical (unpaired) electrons. The number of nitrogens with zero attached hydrogens (tertiary/aromatic N) is 2. The van der Waals surface area contributed by atoms with Gasteiger partial charge in [0.05, 0.1) is 0 Å². The maximum absolute atomic E-state index is 11.1. The zero-order valence-corrected chi connectivity index (χ0v) is 18.6. The number of halogens is 1. The van der Waals surface area contributed by atoms with Gasteiger partial charge < -0.3 is 19.5 Å². The quantitative estimate of drug-likeness (QED) is 0.656. The second kappa shape index (κ2) is 10.8. The lowest BCUT2D eigenvalue weighted by Crippen LogP contribution is -2.49. The van der Waals surface area contributed by atoms with Crippen molar-refractivity contribution >= 4 is 23.1 Å². The van der Waals surface area contributed by atoms with Crippen LogP contribution in [0.4, 0.5) is 5.69 Å².